The Morgan fingerprint density at radius 3 is 2.49 bits per heavy atom. The van der Waals surface area contributed by atoms with Gasteiger partial charge in [0.1, 0.15) is 11.3 Å². The number of benzene rings is 1. The summed E-state index contributed by atoms with van der Waals surface area (Å²) in [6.45, 7) is 1.31. The van der Waals surface area contributed by atoms with E-state index in [4.69, 9.17) is 9.72 Å². The van der Waals surface area contributed by atoms with Crippen LogP contribution in [0.2, 0.25) is 0 Å². The maximum atomic E-state index is 13.5. The predicted octanol–water partition coefficient (Wildman–Crippen LogP) is 4.45. The van der Waals surface area contributed by atoms with Crippen LogP contribution < -0.4 is 0 Å². The average molecular weight is 575 g/mol. The molecule has 6 rings (SSSR count). The number of nitrogens with zero attached hydrogens (tertiary/aromatic N) is 6. The van der Waals surface area contributed by atoms with E-state index in [1.807, 2.05) is 4.90 Å². The van der Waals surface area contributed by atoms with Gasteiger partial charge in [-0.2, -0.15) is 5.26 Å². The molecule has 41 heavy (non-hydrogen) atoms. The summed E-state index contributed by atoms with van der Waals surface area (Å²) < 4.78 is 35.9. The molecule has 1 aromatic carbocycles. The SMILES string of the molecule is COC1CCN(C(=O)Cc2nc3cnc4c(ccn4S(=O)(=O)c4ccccc4)c3n2[C@H]2CC[C@H](CC#N)CC2)CC1. The van der Waals surface area contributed by atoms with Gasteiger partial charge in [0.2, 0.25) is 5.91 Å². The second-order valence-electron chi connectivity index (χ2n) is 11.1. The first-order valence-electron chi connectivity index (χ1n) is 14.3. The van der Waals surface area contributed by atoms with E-state index in [1.165, 1.54) is 3.97 Å². The molecule has 214 valence electrons. The molecule has 1 saturated heterocycles. The fraction of sp³-hybridized carbons (Fsp3) is 0.467. The van der Waals surface area contributed by atoms with Crippen LogP contribution in [0.4, 0.5) is 0 Å². The first-order valence-corrected chi connectivity index (χ1v) is 15.7. The molecule has 1 aliphatic heterocycles. The Morgan fingerprint density at radius 1 is 1.07 bits per heavy atom. The van der Waals surface area contributed by atoms with Crippen molar-refractivity contribution >= 4 is 38.0 Å². The molecule has 0 bridgehead atoms. The van der Waals surface area contributed by atoms with Gasteiger partial charge < -0.3 is 14.2 Å². The minimum atomic E-state index is -3.85. The number of ether oxygens (including phenoxy) is 1. The molecule has 4 aromatic rings. The van der Waals surface area contributed by atoms with E-state index in [-0.39, 0.29) is 29.4 Å². The van der Waals surface area contributed by atoms with Crippen LogP contribution in [0.15, 0.2) is 53.7 Å². The number of amides is 1. The van der Waals surface area contributed by atoms with Crippen molar-refractivity contribution in [3.8, 4) is 6.07 Å². The predicted molar refractivity (Wildman–Crippen MR) is 154 cm³/mol. The maximum Gasteiger partial charge on any atom is 0.269 e. The number of aromatic nitrogens is 4. The van der Waals surface area contributed by atoms with E-state index in [9.17, 15) is 18.5 Å². The molecular formula is C30H34N6O4S. The van der Waals surface area contributed by atoms with Gasteiger partial charge in [-0.15, -0.1) is 0 Å². The number of pyridine rings is 1. The molecule has 0 radical (unpaired) electrons. The minimum absolute atomic E-state index is 0.0303. The lowest BCUT2D eigenvalue weighted by atomic mass is 9.84. The third kappa shape index (κ3) is 5.11. The Kier molecular flexibility index (Phi) is 7.53. The second-order valence-corrected chi connectivity index (χ2v) is 12.9. The summed E-state index contributed by atoms with van der Waals surface area (Å²) in [5.74, 6) is 1.08. The van der Waals surface area contributed by atoms with Crippen LogP contribution in [0.3, 0.4) is 0 Å². The van der Waals surface area contributed by atoms with Crippen LogP contribution in [-0.4, -0.2) is 64.0 Å². The molecule has 0 atom stereocenters. The zero-order chi connectivity index (χ0) is 28.6. The molecule has 11 heteroatoms. The molecule has 1 amide bonds. The highest BCUT2D eigenvalue weighted by Gasteiger charge is 2.30. The van der Waals surface area contributed by atoms with Crippen molar-refractivity contribution in [2.24, 2.45) is 5.92 Å². The van der Waals surface area contributed by atoms with Gasteiger partial charge >= 0.3 is 0 Å². The Balaban J connectivity index is 1.42. The van der Waals surface area contributed by atoms with Crippen LogP contribution >= 0.6 is 0 Å². The summed E-state index contributed by atoms with van der Waals surface area (Å²) in [6.07, 6.45) is 9.27. The number of hydrogen-bond acceptors (Lipinski definition) is 7. The van der Waals surface area contributed by atoms with Gasteiger partial charge in [0.15, 0.2) is 5.65 Å². The van der Waals surface area contributed by atoms with E-state index in [0.717, 1.165) is 44.0 Å². The van der Waals surface area contributed by atoms with Gasteiger partial charge in [-0.05, 0) is 62.6 Å². The van der Waals surface area contributed by atoms with Gasteiger partial charge in [0, 0.05) is 44.2 Å². The third-order valence-electron chi connectivity index (χ3n) is 8.70. The number of rotatable bonds is 7. The van der Waals surface area contributed by atoms with E-state index in [1.54, 1.807) is 55.9 Å². The quantitative estimate of drug-likeness (QED) is 0.320. The molecule has 2 aliphatic rings. The van der Waals surface area contributed by atoms with E-state index < -0.39 is 10.0 Å². The number of imidazole rings is 1. The van der Waals surface area contributed by atoms with E-state index in [2.05, 4.69) is 15.6 Å². The van der Waals surface area contributed by atoms with Crippen molar-refractivity contribution in [1.29, 1.82) is 5.26 Å². The lowest BCUT2D eigenvalue weighted by Crippen LogP contribution is -2.41. The highest BCUT2D eigenvalue weighted by atomic mass is 32.2. The smallest absolute Gasteiger partial charge is 0.269 e. The van der Waals surface area contributed by atoms with Gasteiger partial charge in [0.05, 0.1) is 35.2 Å². The highest BCUT2D eigenvalue weighted by Crippen LogP contribution is 2.38. The zero-order valence-electron chi connectivity index (χ0n) is 23.1. The fourth-order valence-electron chi connectivity index (χ4n) is 6.44. The molecule has 2 fully saturated rings. The number of piperidine rings is 1. The molecule has 1 saturated carbocycles. The summed E-state index contributed by atoms with van der Waals surface area (Å²) in [7, 11) is -2.14. The normalized spacial score (nSPS) is 20.4. The number of methoxy groups -OCH3 is 1. The largest absolute Gasteiger partial charge is 0.381 e. The van der Waals surface area contributed by atoms with Crippen molar-refractivity contribution in [3.63, 3.8) is 0 Å². The van der Waals surface area contributed by atoms with E-state index >= 15 is 0 Å². The molecule has 4 heterocycles. The molecule has 3 aromatic heterocycles. The maximum absolute atomic E-state index is 13.5. The molecule has 0 N–H and O–H groups in total. The van der Waals surface area contributed by atoms with Crippen LogP contribution in [0.25, 0.3) is 22.1 Å². The zero-order valence-corrected chi connectivity index (χ0v) is 24.0. The topological polar surface area (TPSA) is 123 Å². The number of fused-ring (bicyclic) bond motifs is 3. The average Bonchev–Trinajstić information content (AvgIpc) is 3.60. The Morgan fingerprint density at radius 2 is 1.80 bits per heavy atom. The van der Waals surface area contributed by atoms with Crippen molar-refractivity contribution < 1.29 is 17.9 Å². The van der Waals surface area contributed by atoms with Crippen molar-refractivity contribution in [2.45, 2.75) is 68.4 Å². The van der Waals surface area contributed by atoms with Crippen molar-refractivity contribution in [1.82, 2.24) is 23.4 Å². The number of likely N-dealkylation sites (tertiary alicyclic amines) is 1. The summed E-state index contributed by atoms with van der Waals surface area (Å²) >= 11 is 0. The number of carbonyl (C=O) groups is 1. The highest BCUT2D eigenvalue weighted by molar-refractivity contribution is 7.90. The number of nitriles is 1. The Labute approximate surface area is 239 Å². The van der Waals surface area contributed by atoms with Gasteiger partial charge in [-0.1, -0.05) is 18.2 Å². The summed E-state index contributed by atoms with van der Waals surface area (Å²) in [5.41, 5.74) is 1.79. The Hall–Kier alpha value is -3.75. The summed E-state index contributed by atoms with van der Waals surface area (Å²) in [4.78, 5) is 25.0. The van der Waals surface area contributed by atoms with Gasteiger partial charge in [-0.3, -0.25) is 4.79 Å². The molecule has 0 unspecified atom stereocenters. The lowest BCUT2D eigenvalue weighted by Gasteiger charge is -2.32. The van der Waals surface area contributed by atoms with Gasteiger partial charge in [-0.25, -0.2) is 22.4 Å². The second kappa shape index (κ2) is 11.3. The van der Waals surface area contributed by atoms with Crippen molar-refractivity contribution in [3.05, 3.63) is 54.6 Å². The van der Waals surface area contributed by atoms with Crippen molar-refractivity contribution in [2.75, 3.05) is 20.2 Å². The van der Waals surface area contributed by atoms with Crippen LogP contribution in [0.1, 0.15) is 56.8 Å². The molecule has 0 spiro atoms. The van der Waals surface area contributed by atoms with E-state index in [0.29, 0.717) is 47.8 Å². The summed E-state index contributed by atoms with van der Waals surface area (Å²) in [5, 5.41) is 9.89. The molecule has 10 nitrogen and oxygen atoms in total. The fourth-order valence-corrected chi connectivity index (χ4v) is 7.76. The lowest BCUT2D eigenvalue weighted by molar-refractivity contribution is -0.132. The summed E-state index contributed by atoms with van der Waals surface area (Å²) in [6, 6.07) is 12.5. The Bertz CT molecular complexity index is 1710. The van der Waals surface area contributed by atoms with Crippen LogP contribution in [-0.2, 0) is 26.0 Å². The number of hydrogen-bond donors (Lipinski definition) is 0. The molecular weight excluding hydrogens is 540 g/mol. The van der Waals surface area contributed by atoms with Crippen LogP contribution in [0, 0.1) is 17.2 Å². The molecule has 1 aliphatic carbocycles. The monoisotopic (exact) mass is 574 g/mol. The number of carbonyl (C=O) groups excluding carboxylic acids is 1. The third-order valence-corrected chi connectivity index (χ3v) is 10.4. The van der Waals surface area contributed by atoms with Crippen LogP contribution in [0.5, 0.6) is 0 Å². The first kappa shape index (κ1) is 27.4. The van der Waals surface area contributed by atoms with Gasteiger partial charge in [0.25, 0.3) is 10.0 Å². The minimum Gasteiger partial charge on any atom is -0.381 e. The first-order chi connectivity index (χ1) is 19.9. The standard InChI is InChI=1S/C30H34N6O4S/c1-40-23-12-16-34(17-13-23)28(37)19-27-33-26-20-32-30-25(14-18-35(30)41(38,39)24-5-3-2-4-6-24)29(26)36(27)22-9-7-21(8-10-22)11-15-31/h2-6,14,18,20-23H,7-13,16-17,19H2,1H3/t21-,22-.